The number of amides is 1. The van der Waals surface area contributed by atoms with Gasteiger partial charge in [-0.2, -0.15) is 0 Å². The van der Waals surface area contributed by atoms with Gasteiger partial charge in [-0.15, -0.1) is 0 Å². The molecule has 1 amide bonds. The summed E-state index contributed by atoms with van der Waals surface area (Å²) in [5.74, 6) is -1.67. The summed E-state index contributed by atoms with van der Waals surface area (Å²) in [5, 5.41) is 0. The molecule has 1 atom stereocenters. The Morgan fingerprint density at radius 3 is 2.68 bits per heavy atom. The van der Waals surface area contributed by atoms with Crippen molar-refractivity contribution in [2.24, 2.45) is 0 Å². The highest BCUT2D eigenvalue weighted by Gasteiger charge is 2.25. The molecule has 1 fully saturated rings. The SMILES string of the molecule is CCN(CC)C(=O)CN1CCOC(c2ccc(F)c(F)c2)C1. The van der Waals surface area contributed by atoms with Gasteiger partial charge in [0.15, 0.2) is 11.6 Å². The number of ether oxygens (including phenoxy) is 1. The minimum absolute atomic E-state index is 0.0796. The van der Waals surface area contributed by atoms with Gasteiger partial charge in [0.2, 0.25) is 5.91 Å². The van der Waals surface area contributed by atoms with Gasteiger partial charge in [0.25, 0.3) is 0 Å². The molecule has 6 heteroatoms. The Morgan fingerprint density at radius 2 is 2.05 bits per heavy atom. The zero-order valence-electron chi connectivity index (χ0n) is 13.0. The summed E-state index contributed by atoms with van der Waals surface area (Å²) >= 11 is 0. The Labute approximate surface area is 129 Å². The predicted octanol–water partition coefficient (Wildman–Crippen LogP) is 2.21. The van der Waals surface area contributed by atoms with Crippen LogP contribution in [0.5, 0.6) is 0 Å². The van der Waals surface area contributed by atoms with E-state index >= 15 is 0 Å². The zero-order valence-corrected chi connectivity index (χ0v) is 13.0. The number of morpholine rings is 1. The van der Waals surface area contributed by atoms with Crippen molar-refractivity contribution in [3.05, 3.63) is 35.4 Å². The smallest absolute Gasteiger partial charge is 0.236 e. The molecule has 0 saturated carbocycles. The first-order chi connectivity index (χ1) is 10.5. The molecule has 4 nitrogen and oxygen atoms in total. The van der Waals surface area contributed by atoms with E-state index in [-0.39, 0.29) is 12.0 Å². The molecule has 1 aromatic rings. The van der Waals surface area contributed by atoms with Crippen molar-refractivity contribution in [1.82, 2.24) is 9.80 Å². The van der Waals surface area contributed by atoms with Gasteiger partial charge in [-0.1, -0.05) is 6.07 Å². The summed E-state index contributed by atoms with van der Waals surface area (Å²) in [7, 11) is 0. The minimum Gasteiger partial charge on any atom is -0.371 e. The van der Waals surface area contributed by atoms with Crippen molar-refractivity contribution in [2.75, 3.05) is 39.3 Å². The van der Waals surface area contributed by atoms with E-state index in [1.165, 1.54) is 6.07 Å². The Hall–Kier alpha value is -1.53. The number of hydrogen-bond donors (Lipinski definition) is 0. The Morgan fingerprint density at radius 1 is 1.32 bits per heavy atom. The summed E-state index contributed by atoms with van der Waals surface area (Å²) in [6.45, 7) is 7.22. The zero-order chi connectivity index (χ0) is 16.1. The van der Waals surface area contributed by atoms with Gasteiger partial charge < -0.3 is 9.64 Å². The summed E-state index contributed by atoms with van der Waals surface area (Å²) in [5.41, 5.74) is 0.596. The van der Waals surface area contributed by atoms with Crippen molar-refractivity contribution >= 4 is 5.91 Å². The first-order valence-corrected chi connectivity index (χ1v) is 7.61. The van der Waals surface area contributed by atoms with Crippen molar-refractivity contribution < 1.29 is 18.3 Å². The molecule has 1 aromatic carbocycles. The average molecular weight is 312 g/mol. The molecule has 0 aromatic heterocycles. The maximum atomic E-state index is 13.3. The molecule has 1 unspecified atom stereocenters. The number of halogens is 2. The maximum Gasteiger partial charge on any atom is 0.236 e. The highest BCUT2D eigenvalue weighted by molar-refractivity contribution is 5.78. The van der Waals surface area contributed by atoms with Gasteiger partial charge in [0.1, 0.15) is 0 Å². The summed E-state index contributed by atoms with van der Waals surface area (Å²) < 4.78 is 32.0. The van der Waals surface area contributed by atoms with Gasteiger partial charge in [0.05, 0.1) is 19.3 Å². The fraction of sp³-hybridized carbons (Fsp3) is 0.562. The van der Waals surface area contributed by atoms with Crippen LogP contribution in [0.2, 0.25) is 0 Å². The first kappa shape index (κ1) is 16.8. The number of carbonyl (C=O) groups is 1. The topological polar surface area (TPSA) is 32.8 Å². The van der Waals surface area contributed by atoms with E-state index < -0.39 is 11.6 Å². The molecule has 0 aliphatic carbocycles. The first-order valence-electron chi connectivity index (χ1n) is 7.61. The third-order valence-corrected chi connectivity index (χ3v) is 3.94. The molecule has 0 bridgehead atoms. The predicted molar refractivity (Wildman–Crippen MR) is 79.4 cm³/mol. The molecule has 1 aliphatic rings. The van der Waals surface area contributed by atoms with Crippen molar-refractivity contribution in [3.8, 4) is 0 Å². The highest BCUT2D eigenvalue weighted by Crippen LogP contribution is 2.23. The molecule has 1 heterocycles. The van der Waals surface area contributed by atoms with Crippen LogP contribution in [-0.2, 0) is 9.53 Å². The quantitative estimate of drug-likeness (QED) is 0.836. The largest absolute Gasteiger partial charge is 0.371 e. The number of carbonyl (C=O) groups excluding carboxylic acids is 1. The molecule has 122 valence electrons. The molecular formula is C16H22F2N2O2. The van der Waals surface area contributed by atoms with E-state index in [1.807, 2.05) is 18.7 Å². The Kier molecular flexibility index (Phi) is 5.85. The van der Waals surface area contributed by atoms with Gasteiger partial charge in [-0.25, -0.2) is 8.78 Å². The Balaban J connectivity index is 1.99. The van der Waals surface area contributed by atoms with Gasteiger partial charge in [-0.3, -0.25) is 9.69 Å². The lowest BCUT2D eigenvalue weighted by Gasteiger charge is -2.33. The van der Waals surface area contributed by atoms with Crippen LogP contribution in [0.1, 0.15) is 25.5 Å². The summed E-state index contributed by atoms with van der Waals surface area (Å²) in [6, 6.07) is 3.79. The lowest BCUT2D eigenvalue weighted by atomic mass is 10.1. The molecule has 2 rings (SSSR count). The van der Waals surface area contributed by atoms with Crippen molar-refractivity contribution in [1.29, 1.82) is 0 Å². The fourth-order valence-electron chi connectivity index (χ4n) is 2.63. The van der Waals surface area contributed by atoms with Crippen molar-refractivity contribution in [2.45, 2.75) is 20.0 Å². The van der Waals surface area contributed by atoms with E-state index in [1.54, 1.807) is 4.90 Å². The van der Waals surface area contributed by atoms with Gasteiger partial charge in [0, 0.05) is 26.2 Å². The monoisotopic (exact) mass is 312 g/mol. The lowest BCUT2D eigenvalue weighted by Crippen LogP contribution is -2.45. The van der Waals surface area contributed by atoms with Crippen LogP contribution in [0.25, 0.3) is 0 Å². The molecule has 1 saturated heterocycles. The lowest BCUT2D eigenvalue weighted by molar-refractivity contribution is -0.134. The average Bonchev–Trinajstić information content (AvgIpc) is 2.51. The normalized spacial score (nSPS) is 19.2. The molecule has 0 radical (unpaired) electrons. The van der Waals surface area contributed by atoms with Crippen LogP contribution in [-0.4, -0.2) is 55.0 Å². The number of benzene rings is 1. The highest BCUT2D eigenvalue weighted by atomic mass is 19.2. The summed E-state index contributed by atoms with van der Waals surface area (Å²) in [6.07, 6.45) is -0.339. The number of rotatable bonds is 5. The number of nitrogens with zero attached hydrogens (tertiary/aromatic N) is 2. The third kappa shape index (κ3) is 4.01. The molecule has 0 N–H and O–H groups in total. The van der Waals surface area contributed by atoms with E-state index in [2.05, 4.69) is 0 Å². The van der Waals surface area contributed by atoms with Gasteiger partial charge in [-0.05, 0) is 31.5 Å². The van der Waals surface area contributed by atoms with E-state index in [9.17, 15) is 13.6 Å². The van der Waals surface area contributed by atoms with Crippen molar-refractivity contribution in [3.63, 3.8) is 0 Å². The molecular weight excluding hydrogens is 290 g/mol. The van der Waals surface area contributed by atoms with Crippen LogP contribution >= 0.6 is 0 Å². The minimum atomic E-state index is -0.877. The second-order valence-electron chi connectivity index (χ2n) is 5.33. The van der Waals surface area contributed by atoms with Crippen LogP contribution in [0.15, 0.2) is 18.2 Å². The van der Waals surface area contributed by atoms with E-state index in [4.69, 9.17) is 4.74 Å². The molecule has 0 spiro atoms. The second-order valence-corrected chi connectivity index (χ2v) is 5.33. The van der Waals surface area contributed by atoms with Gasteiger partial charge >= 0.3 is 0 Å². The Bertz CT molecular complexity index is 521. The number of hydrogen-bond acceptors (Lipinski definition) is 3. The third-order valence-electron chi connectivity index (χ3n) is 3.94. The second kappa shape index (κ2) is 7.65. The number of likely N-dealkylation sites (N-methyl/N-ethyl adjacent to an activating group) is 1. The fourth-order valence-corrected chi connectivity index (χ4v) is 2.63. The van der Waals surface area contributed by atoms with E-state index in [0.29, 0.717) is 44.9 Å². The standard InChI is InChI=1S/C16H22F2N2O2/c1-3-20(4-2)16(21)11-19-7-8-22-15(10-19)12-5-6-13(17)14(18)9-12/h5-6,9,15H,3-4,7-8,10-11H2,1-2H3. The van der Waals surface area contributed by atoms with Crippen LogP contribution in [0.3, 0.4) is 0 Å². The molecule has 1 aliphatic heterocycles. The van der Waals surface area contributed by atoms with Crippen LogP contribution in [0, 0.1) is 11.6 Å². The maximum absolute atomic E-state index is 13.3. The molecule has 22 heavy (non-hydrogen) atoms. The van der Waals surface area contributed by atoms with Crippen LogP contribution in [0.4, 0.5) is 8.78 Å². The summed E-state index contributed by atoms with van der Waals surface area (Å²) in [4.78, 5) is 15.9. The van der Waals surface area contributed by atoms with Crippen LogP contribution < -0.4 is 0 Å². The van der Waals surface area contributed by atoms with E-state index in [0.717, 1.165) is 12.1 Å².